The fourth-order valence-corrected chi connectivity index (χ4v) is 10.2. The molecule has 3 aromatic heterocycles. The fourth-order valence-electron chi connectivity index (χ4n) is 7.01. The third kappa shape index (κ3) is 22.6. The lowest BCUT2D eigenvalue weighted by atomic mass is 10.1. The number of hydrogen-bond donors (Lipinski definition) is 3. The highest BCUT2D eigenvalue weighted by Crippen LogP contribution is 2.33. The molecule has 20 heteroatoms. The highest BCUT2D eigenvalue weighted by molar-refractivity contribution is 7.13. The van der Waals surface area contributed by atoms with Crippen molar-refractivity contribution in [1.29, 1.82) is 0 Å². The average Bonchev–Trinajstić information content (AvgIpc) is 4.12. The van der Waals surface area contributed by atoms with Crippen molar-refractivity contribution >= 4 is 110 Å². The van der Waals surface area contributed by atoms with Crippen molar-refractivity contribution in [3.05, 3.63) is 126 Å². The molecule has 0 amide bonds. The summed E-state index contributed by atoms with van der Waals surface area (Å²) in [5.74, 6) is -1.94. The largest absolute Gasteiger partial charge is 0.481 e. The van der Waals surface area contributed by atoms with E-state index in [1.165, 1.54) is 34.0 Å². The zero-order valence-electron chi connectivity index (χ0n) is 43.2. The Labute approximate surface area is 470 Å². The molecule has 0 unspecified atom stereocenters. The first-order valence-corrected chi connectivity index (χ1v) is 27.9. The maximum Gasteiger partial charge on any atom is 0.306 e. The van der Waals surface area contributed by atoms with E-state index in [0.29, 0.717) is 45.0 Å². The number of carbonyl (C=O) groups excluding carboxylic acids is 5. The van der Waals surface area contributed by atoms with Crippen LogP contribution in [-0.2, 0) is 70.3 Å². The highest BCUT2D eigenvalue weighted by atomic mass is 35.5. The second-order valence-electron chi connectivity index (χ2n) is 19.1. The predicted octanol–water partition coefficient (Wildman–Crippen LogP) is 12.5. The summed E-state index contributed by atoms with van der Waals surface area (Å²) in [5.41, 5.74) is 6.36. The van der Waals surface area contributed by atoms with Gasteiger partial charge in [-0.2, -0.15) is 0 Å². The number of thiazole rings is 3. The maximum atomic E-state index is 12.1. The summed E-state index contributed by atoms with van der Waals surface area (Å²) < 4.78 is 10.4. The standard InChI is InChI=1S/C20H24ClNO4S.C20H22ClNO3S.C16H16ClNO4S/c1-20(2,3)26-18(25)7-5-16(24)11-15-12-27-19(22-15)17-6-4-14(21)10-13(17)8-9-23;1-5-13-10-14(21)6-8-17(13)19-22-15(12-26-19)11-16(23)7-9-18(24)25-20(2,3)4;17-11-1-3-14(10(7-11)5-6-19)16-18-12(9-23-16)8-13(20)2-4-15(21)22/h4,6,10,12,23H,5,7-9,11H2,1-3H3;5-6,8,10,12H,1,7,9,11H2,2-4H3;1,3,7,9,19H,2,4-6,8H2,(H,21,22). The number of benzene rings is 3. The first-order valence-electron chi connectivity index (χ1n) is 24.1. The van der Waals surface area contributed by atoms with E-state index in [1.54, 1.807) is 77.3 Å². The Kier molecular flexibility index (Phi) is 25.2. The molecule has 14 nitrogen and oxygen atoms in total. The van der Waals surface area contributed by atoms with Crippen molar-refractivity contribution in [3.8, 4) is 31.7 Å². The minimum atomic E-state index is -0.980. The van der Waals surface area contributed by atoms with E-state index in [-0.39, 0.29) is 100 Å². The fraction of sp³-hybridized carbons (Fsp3) is 0.375. The van der Waals surface area contributed by atoms with Gasteiger partial charge in [-0.15, -0.1) is 34.0 Å². The van der Waals surface area contributed by atoms with Crippen molar-refractivity contribution in [2.24, 2.45) is 0 Å². The minimum Gasteiger partial charge on any atom is -0.481 e. The van der Waals surface area contributed by atoms with Crippen molar-refractivity contribution in [3.63, 3.8) is 0 Å². The van der Waals surface area contributed by atoms with Crippen LogP contribution in [0.3, 0.4) is 0 Å². The third-order valence-electron chi connectivity index (χ3n) is 10.3. The van der Waals surface area contributed by atoms with E-state index in [9.17, 15) is 33.9 Å². The number of esters is 2. The van der Waals surface area contributed by atoms with Crippen LogP contribution in [0.2, 0.25) is 15.1 Å². The molecule has 76 heavy (non-hydrogen) atoms. The number of halogens is 3. The summed E-state index contributed by atoms with van der Waals surface area (Å²) in [7, 11) is 0. The summed E-state index contributed by atoms with van der Waals surface area (Å²) in [6.45, 7) is 14.6. The quantitative estimate of drug-likeness (QED) is 0.0508. The monoisotopic (exact) mass is 1150 g/mol. The van der Waals surface area contributed by atoms with Crippen molar-refractivity contribution in [2.75, 3.05) is 13.2 Å². The van der Waals surface area contributed by atoms with Crippen molar-refractivity contribution < 1.29 is 53.6 Å². The molecule has 3 heterocycles. The lowest BCUT2D eigenvalue weighted by Gasteiger charge is -2.19. The number of nitrogens with zero attached hydrogens (tertiary/aromatic N) is 3. The number of Topliss-reactive ketones (excluding diaryl/α,β-unsaturated/α-hetero) is 3. The first-order chi connectivity index (χ1) is 35.8. The van der Waals surface area contributed by atoms with E-state index in [2.05, 4.69) is 21.5 Å². The van der Waals surface area contributed by atoms with Gasteiger partial charge in [0, 0.05) is 99.6 Å². The number of carboxylic acids is 1. The van der Waals surface area contributed by atoms with Crippen LogP contribution in [0.25, 0.3) is 37.8 Å². The van der Waals surface area contributed by atoms with Crippen molar-refractivity contribution in [2.45, 2.75) is 123 Å². The normalized spacial score (nSPS) is 11.1. The third-order valence-corrected chi connectivity index (χ3v) is 13.8. The Morgan fingerprint density at radius 2 is 0.882 bits per heavy atom. The van der Waals surface area contributed by atoms with Gasteiger partial charge >= 0.3 is 17.9 Å². The molecule has 3 aromatic carbocycles. The molecule has 406 valence electrons. The number of aromatic nitrogens is 3. The summed E-state index contributed by atoms with van der Waals surface area (Å²) in [6.07, 6.45) is 3.52. The van der Waals surface area contributed by atoms with E-state index < -0.39 is 17.2 Å². The molecule has 0 spiro atoms. The van der Waals surface area contributed by atoms with Gasteiger partial charge in [0.25, 0.3) is 0 Å². The number of rotatable bonds is 23. The average molecular weight is 1160 g/mol. The summed E-state index contributed by atoms with van der Waals surface area (Å²) in [4.78, 5) is 83.4. The number of aliphatic hydroxyl groups is 2. The number of ether oxygens (including phenoxy) is 2. The molecule has 6 aromatic rings. The number of carbonyl (C=O) groups is 6. The van der Waals surface area contributed by atoms with E-state index in [0.717, 1.165) is 48.4 Å². The Balaban J connectivity index is 0.000000247. The molecule has 3 N–H and O–H groups in total. The van der Waals surface area contributed by atoms with E-state index in [1.807, 2.05) is 41.1 Å². The van der Waals surface area contributed by atoms with Crippen LogP contribution in [0.1, 0.15) is 114 Å². The van der Waals surface area contributed by atoms with Gasteiger partial charge in [-0.1, -0.05) is 59.6 Å². The summed E-state index contributed by atoms with van der Waals surface area (Å²) in [5, 5.41) is 36.7. The molecule has 0 aliphatic rings. The molecule has 0 radical (unpaired) electrons. The van der Waals surface area contributed by atoms with Crippen molar-refractivity contribution in [1.82, 2.24) is 15.0 Å². The first kappa shape index (κ1) is 63.0. The molecular weight excluding hydrogens is 1090 g/mol. The van der Waals surface area contributed by atoms with Crippen LogP contribution in [0.15, 0.2) is 77.3 Å². The lowest BCUT2D eigenvalue weighted by molar-refractivity contribution is -0.156. The Morgan fingerprint density at radius 1 is 0.539 bits per heavy atom. The Bertz CT molecular complexity index is 2970. The van der Waals surface area contributed by atoms with E-state index >= 15 is 0 Å². The summed E-state index contributed by atoms with van der Waals surface area (Å²) in [6, 6.07) is 16.4. The Morgan fingerprint density at radius 3 is 1.22 bits per heavy atom. The van der Waals surface area contributed by atoms with Crippen LogP contribution in [0.5, 0.6) is 0 Å². The molecule has 0 fully saturated rings. The topological polar surface area (TPSA) is 220 Å². The van der Waals surface area contributed by atoms with Crippen LogP contribution in [0.4, 0.5) is 0 Å². The summed E-state index contributed by atoms with van der Waals surface area (Å²) >= 11 is 22.3. The smallest absolute Gasteiger partial charge is 0.306 e. The molecule has 0 aliphatic carbocycles. The second-order valence-corrected chi connectivity index (χ2v) is 23.0. The Hall–Kier alpha value is -5.50. The molecule has 0 atom stereocenters. The molecule has 0 aliphatic heterocycles. The van der Waals surface area contributed by atoms with Gasteiger partial charge in [0.05, 0.1) is 36.3 Å². The molecule has 0 bridgehead atoms. The van der Waals surface area contributed by atoms with Gasteiger partial charge in [-0.05, 0) is 114 Å². The molecule has 0 saturated carbocycles. The maximum absolute atomic E-state index is 12.1. The van der Waals surface area contributed by atoms with Crippen LogP contribution in [-0.4, -0.2) is 89.9 Å². The van der Waals surface area contributed by atoms with Gasteiger partial charge in [-0.3, -0.25) is 28.8 Å². The minimum absolute atomic E-state index is 0.0128. The zero-order chi connectivity index (χ0) is 56.2. The number of aliphatic hydroxyl groups excluding tert-OH is 2. The van der Waals surface area contributed by atoms with Gasteiger partial charge in [0.15, 0.2) is 0 Å². The number of carboxylic acid groups (broad SMARTS) is 1. The van der Waals surface area contributed by atoms with Gasteiger partial charge < -0.3 is 24.8 Å². The van der Waals surface area contributed by atoms with Gasteiger partial charge in [0.2, 0.25) is 0 Å². The molecular formula is C56H62Cl3N3O11S3. The molecule has 6 rings (SSSR count). The zero-order valence-corrected chi connectivity index (χ0v) is 47.9. The predicted molar refractivity (Wildman–Crippen MR) is 303 cm³/mol. The second kappa shape index (κ2) is 30.4. The van der Waals surface area contributed by atoms with E-state index in [4.69, 9.17) is 54.5 Å². The van der Waals surface area contributed by atoms with Crippen LogP contribution >= 0.6 is 68.8 Å². The van der Waals surface area contributed by atoms with Crippen LogP contribution < -0.4 is 0 Å². The van der Waals surface area contributed by atoms with Gasteiger partial charge in [0.1, 0.15) is 43.6 Å². The van der Waals surface area contributed by atoms with Crippen LogP contribution in [0, 0.1) is 0 Å². The SMILES string of the molecule is C=Cc1cc(Cl)ccc1-c1nc(CC(=O)CCC(=O)OC(C)(C)C)cs1.CC(C)(C)OC(=O)CCC(=O)Cc1csc(-c2ccc(Cl)cc2CCO)n1.O=C(O)CCC(=O)Cc1csc(-c2ccc(Cl)cc2CCO)n1. The van der Waals surface area contributed by atoms with Gasteiger partial charge in [-0.25, -0.2) is 15.0 Å². The lowest BCUT2D eigenvalue weighted by Crippen LogP contribution is -2.24. The highest BCUT2D eigenvalue weighted by Gasteiger charge is 2.21. The number of ketones is 3. The molecule has 0 saturated heterocycles. The number of aliphatic carboxylic acids is 1. The number of hydrogen-bond acceptors (Lipinski definition) is 16.